The Morgan fingerprint density at radius 2 is 2.04 bits per heavy atom. The average molecular weight is 328 g/mol. The highest BCUT2D eigenvalue weighted by atomic mass is 16.5. The molecule has 0 bridgehead atoms. The molecule has 6 nitrogen and oxygen atoms in total. The second-order valence-electron chi connectivity index (χ2n) is 5.54. The Balaban J connectivity index is 1.82. The van der Waals surface area contributed by atoms with Gasteiger partial charge in [-0.3, -0.25) is 9.78 Å². The van der Waals surface area contributed by atoms with Crippen LogP contribution in [0.1, 0.15) is 22.5 Å². The van der Waals surface area contributed by atoms with Gasteiger partial charge in [-0.1, -0.05) is 0 Å². The first-order valence-corrected chi connectivity index (χ1v) is 8.04. The molecule has 0 unspecified atom stereocenters. The summed E-state index contributed by atoms with van der Waals surface area (Å²) in [6, 6.07) is 7.55. The van der Waals surface area contributed by atoms with Crippen molar-refractivity contribution in [3.8, 4) is 0 Å². The second-order valence-corrected chi connectivity index (χ2v) is 5.54. The number of likely N-dealkylation sites (N-methyl/N-ethyl adjacent to an activating group) is 1. The number of pyridine rings is 2. The summed E-state index contributed by atoms with van der Waals surface area (Å²) in [5.41, 5.74) is 2.52. The van der Waals surface area contributed by atoms with Crippen molar-refractivity contribution >= 4 is 11.6 Å². The lowest BCUT2D eigenvalue weighted by atomic mass is 10.2. The molecule has 2 rings (SSSR count). The van der Waals surface area contributed by atoms with Gasteiger partial charge in [0.15, 0.2) is 0 Å². The van der Waals surface area contributed by atoms with E-state index in [0.29, 0.717) is 12.2 Å². The summed E-state index contributed by atoms with van der Waals surface area (Å²) in [6.45, 7) is 2.18. The van der Waals surface area contributed by atoms with Crippen LogP contribution in [0.25, 0.3) is 0 Å². The summed E-state index contributed by atoms with van der Waals surface area (Å²) in [5, 5.41) is 3.25. The van der Waals surface area contributed by atoms with Gasteiger partial charge in [0.2, 0.25) is 0 Å². The Bertz CT molecular complexity index is 617. The molecule has 2 aromatic heterocycles. The maximum absolute atomic E-state index is 12.4. The smallest absolute Gasteiger partial charge is 0.272 e. The van der Waals surface area contributed by atoms with Gasteiger partial charge in [-0.15, -0.1) is 0 Å². The van der Waals surface area contributed by atoms with E-state index < -0.39 is 0 Å². The third kappa shape index (κ3) is 5.62. The molecular weight excluding hydrogens is 304 g/mol. The number of anilines is 1. The van der Waals surface area contributed by atoms with Crippen molar-refractivity contribution in [2.45, 2.75) is 12.8 Å². The van der Waals surface area contributed by atoms with E-state index in [2.05, 4.69) is 15.3 Å². The van der Waals surface area contributed by atoms with Crippen molar-refractivity contribution in [3.63, 3.8) is 0 Å². The average Bonchev–Trinajstić information content (AvgIpc) is 2.64. The number of rotatable bonds is 9. The van der Waals surface area contributed by atoms with E-state index in [1.165, 1.54) is 0 Å². The lowest BCUT2D eigenvalue weighted by Gasteiger charge is -2.17. The lowest BCUT2D eigenvalue weighted by Crippen LogP contribution is -2.29. The van der Waals surface area contributed by atoms with Crippen LogP contribution >= 0.6 is 0 Å². The van der Waals surface area contributed by atoms with Crippen LogP contribution in [0.3, 0.4) is 0 Å². The van der Waals surface area contributed by atoms with Gasteiger partial charge in [0, 0.05) is 46.2 Å². The zero-order valence-electron chi connectivity index (χ0n) is 14.2. The van der Waals surface area contributed by atoms with Gasteiger partial charge in [-0.25, -0.2) is 4.98 Å². The van der Waals surface area contributed by atoms with Gasteiger partial charge >= 0.3 is 0 Å². The number of nitrogens with zero attached hydrogens (tertiary/aromatic N) is 3. The fourth-order valence-corrected chi connectivity index (χ4v) is 2.22. The van der Waals surface area contributed by atoms with E-state index >= 15 is 0 Å². The van der Waals surface area contributed by atoms with Crippen molar-refractivity contribution in [1.29, 1.82) is 0 Å². The molecule has 2 aromatic rings. The standard InChI is InChI=1S/C18H24N4O2/c1-22(12-8-15-6-10-19-11-7-15)18(23)17-5-4-16(14-21-17)20-9-3-13-24-2/h4-7,10-11,14,20H,3,8-9,12-13H2,1-2H3. The Labute approximate surface area is 142 Å². The number of carbonyl (C=O) groups excluding carboxylic acids is 1. The Morgan fingerprint density at radius 1 is 1.25 bits per heavy atom. The summed E-state index contributed by atoms with van der Waals surface area (Å²) in [6.07, 6.45) is 6.93. The fourth-order valence-electron chi connectivity index (χ4n) is 2.22. The largest absolute Gasteiger partial charge is 0.385 e. The van der Waals surface area contributed by atoms with Crippen molar-refractivity contribution in [3.05, 3.63) is 54.1 Å². The van der Waals surface area contributed by atoms with Crippen LogP contribution < -0.4 is 5.32 Å². The highest BCUT2D eigenvalue weighted by molar-refractivity contribution is 5.92. The maximum atomic E-state index is 12.4. The predicted molar refractivity (Wildman–Crippen MR) is 94.1 cm³/mol. The highest BCUT2D eigenvalue weighted by Gasteiger charge is 2.12. The van der Waals surface area contributed by atoms with Crippen LogP contribution in [-0.2, 0) is 11.2 Å². The van der Waals surface area contributed by atoms with Crippen LogP contribution in [0.5, 0.6) is 0 Å². The number of amides is 1. The normalized spacial score (nSPS) is 10.4. The summed E-state index contributed by atoms with van der Waals surface area (Å²) in [7, 11) is 3.48. The summed E-state index contributed by atoms with van der Waals surface area (Å²) >= 11 is 0. The molecule has 24 heavy (non-hydrogen) atoms. The quantitative estimate of drug-likeness (QED) is 0.715. The third-order valence-corrected chi connectivity index (χ3v) is 3.67. The van der Waals surface area contributed by atoms with Gasteiger partial charge < -0.3 is 15.0 Å². The maximum Gasteiger partial charge on any atom is 0.272 e. The molecule has 1 amide bonds. The van der Waals surface area contributed by atoms with Crippen molar-refractivity contribution in [1.82, 2.24) is 14.9 Å². The Morgan fingerprint density at radius 3 is 2.71 bits per heavy atom. The topological polar surface area (TPSA) is 67.3 Å². The van der Waals surface area contributed by atoms with E-state index in [9.17, 15) is 4.79 Å². The summed E-state index contributed by atoms with van der Waals surface area (Å²) < 4.78 is 5.00. The first kappa shape index (κ1) is 17.9. The number of hydrogen-bond acceptors (Lipinski definition) is 5. The molecule has 0 aliphatic heterocycles. The molecule has 0 fully saturated rings. The number of carbonyl (C=O) groups is 1. The SMILES string of the molecule is COCCCNc1ccc(C(=O)N(C)CCc2ccncc2)nc1. The number of aromatic nitrogens is 2. The molecule has 0 aliphatic rings. The number of hydrogen-bond donors (Lipinski definition) is 1. The van der Waals surface area contributed by atoms with E-state index in [0.717, 1.165) is 37.2 Å². The summed E-state index contributed by atoms with van der Waals surface area (Å²) in [4.78, 5) is 22.3. The molecule has 0 saturated carbocycles. The zero-order chi connectivity index (χ0) is 17.2. The van der Waals surface area contributed by atoms with Gasteiger partial charge in [0.25, 0.3) is 5.91 Å². The first-order chi connectivity index (χ1) is 11.7. The van der Waals surface area contributed by atoms with Crippen molar-refractivity contribution in [2.75, 3.05) is 39.2 Å². The van der Waals surface area contributed by atoms with Crippen LogP contribution in [0, 0.1) is 0 Å². The molecular formula is C18H24N4O2. The molecule has 128 valence electrons. The number of nitrogens with one attached hydrogen (secondary N) is 1. The number of ether oxygens (including phenoxy) is 1. The highest BCUT2D eigenvalue weighted by Crippen LogP contribution is 2.08. The fraction of sp³-hybridized carbons (Fsp3) is 0.389. The second kappa shape index (κ2) is 9.62. The Hall–Kier alpha value is -2.47. The third-order valence-electron chi connectivity index (χ3n) is 3.67. The minimum Gasteiger partial charge on any atom is -0.385 e. The van der Waals surface area contributed by atoms with Gasteiger partial charge in [-0.2, -0.15) is 0 Å². The van der Waals surface area contributed by atoms with E-state index in [-0.39, 0.29) is 5.91 Å². The summed E-state index contributed by atoms with van der Waals surface area (Å²) in [5.74, 6) is -0.0741. The van der Waals surface area contributed by atoms with E-state index in [4.69, 9.17) is 4.74 Å². The molecule has 0 aliphatic carbocycles. The van der Waals surface area contributed by atoms with Crippen molar-refractivity contribution in [2.24, 2.45) is 0 Å². The van der Waals surface area contributed by atoms with Gasteiger partial charge in [0.1, 0.15) is 5.69 Å². The molecule has 0 saturated heterocycles. The van der Waals surface area contributed by atoms with E-state index in [1.807, 2.05) is 18.2 Å². The molecule has 2 heterocycles. The van der Waals surface area contributed by atoms with Crippen LogP contribution in [0.15, 0.2) is 42.9 Å². The lowest BCUT2D eigenvalue weighted by molar-refractivity contribution is 0.0791. The monoisotopic (exact) mass is 328 g/mol. The Kier molecular flexibility index (Phi) is 7.17. The zero-order valence-corrected chi connectivity index (χ0v) is 14.2. The van der Waals surface area contributed by atoms with Crippen LogP contribution in [-0.4, -0.2) is 54.6 Å². The van der Waals surface area contributed by atoms with E-state index in [1.54, 1.807) is 43.7 Å². The molecule has 0 spiro atoms. The van der Waals surface area contributed by atoms with Crippen LogP contribution in [0.2, 0.25) is 0 Å². The minimum atomic E-state index is -0.0741. The molecule has 6 heteroatoms. The van der Waals surface area contributed by atoms with Gasteiger partial charge in [0.05, 0.1) is 11.9 Å². The molecule has 0 radical (unpaired) electrons. The molecule has 0 atom stereocenters. The van der Waals surface area contributed by atoms with Gasteiger partial charge in [-0.05, 0) is 42.7 Å². The van der Waals surface area contributed by atoms with Crippen molar-refractivity contribution < 1.29 is 9.53 Å². The first-order valence-electron chi connectivity index (χ1n) is 8.04. The van der Waals surface area contributed by atoms with Crippen LogP contribution in [0.4, 0.5) is 5.69 Å². The molecule has 0 aromatic carbocycles. The minimum absolute atomic E-state index is 0.0741. The molecule has 1 N–H and O–H groups in total. The predicted octanol–water partition coefficient (Wildman–Crippen LogP) is 2.24. The number of methoxy groups -OCH3 is 1.